The van der Waals surface area contributed by atoms with Crippen LogP contribution in [0.2, 0.25) is 5.02 Å². The van der Waals surface area contributed by atoms with Crippen LogP contribution in [0.1, 0.15) is 12.6 Å². The quantitative estimate of drug-likeness (QED) is 0.809. The number of rotatable bonds is 3. The zero-order valence-electron chi connectivity index (χ0n) is 10.6. The Balaban J connectivity index is 2.21. The topological polar surface area (TPSA) is 53.4 Å². The Morgan fingerprint density at radius 2 is 2.05 bits per heavy atom. The Labute approximate surface area is 115 Å². The molecule has 1 aromatic carbocycles. The minimum Gasteiger partial charge on any atom is -0.434 e. The molecule has 0 unspecified atom stereocenters. The number of carbonyl (C=O) groups excluding carboxylic acids is 1. The van der Waals surface area contributed by atoms with Gasteiger partial charge in [0.1, 0.15) is 0 Å². The van der Waals surface area contributed by atoms with Gasteiger partial charge in [0.05, 0.1) is 12.3 Å². The predicted molar refractivity (Wildman–Crippen MR) is 71.0 cm³/mol. The average molecular weight is 281 g/mol. The Morgan fingerprint density at radius 3 is 2.68 bits per heavy atom. The van der Waals surface area contributed by atoms with E-state index in [9.17, 15) is 4.79 Å². The van der Waals surface area contributed by atoms with E-state index in [-0.39, 0.29) is 12.5 Å². The van der Waals surface area contributed by atoms with Gasteiger partial charge in [-0.15, -0.1) is 5.10 Å². The van der Waals surface area contributed by atoms with Gasteiger partial charge in [0.25, 0.3) is 0 Å². The summed E-state index contributed by atoms with van der Waals surface area (Å²) in [6, 6.07) is 8.85. The second kappa shape index (κ2) is 5.75. The molecular weight excluding hydrogens is 268 g/mol. The van der Waals surface area contributed by atoms with E-state index in [1.807, 2.05) is 19.1 Å². The van der Waals surface area contributed by atoms with Crippen LogP contribution in [-0.2, 0) is 4.74 Å². The number of nitrogens with zero attached hydrogens (tertiary/aromatic N) is 2. The standard InChI is InChI=1S/C13H13ClN2O3/c1-3-18-13(17)19-12-8-9(2)16(15-12)11-6-4-10(14)5-7-11/h4-8H,3H2,1-2H3. The van der Waals surface area contributed by atoms with Crippen molar-refractivity contribution in [2.75, 3.05) is 6.61 Å². The number of halogens is 1. The van der Waals surface area contributed by atoms with Gasteiger partial charge in [-0.05, 0) is 38.1 Å². The zero-order chi connectivity index (χ0) is 13.8. The molecule has 2 rings (SSSR count). The van der Waals surface area contributed by atoms with E-state index in [2.05, 4.69) is 9.84 Å². The minimum absolute atomic E-state index is 0.200. The number of carbonyl (C=O) groups is 1. The summed E-state index contributed by atoms with van der Waals surface area (Å²) in [4.78, 5) is 11.2. The lowest BCUT2D eigenvalue weighted by Crippen LogP contribution is -2.10. The van der Waals surface area contributed by atoms with Gasteiger partial charge < -0.3 is 9.47 Å². The van der Waals surface area contributed by atoms with Crippen LogP contribution < -0.4 is 4.74 Å². The van der Waals surface area contributed by atoms with Crippen LogP contribution in [0.4, 0.5) is 4.79 Å². The molecule has 5 nitrogen and oxygen atoms in total. The van der Waals surface area contributed by atoms with Crippen molar-refractivity contribution in [2.45, 2.75) is 13.8 Å². The van der Waals surface area contributed by atoms with Crippen molar-refractivity contribution in [1.29, 1.82) is 0 Å². The first-order valence-electron chi connectivity index (χ1n) is 5.77. The normalized spacial score (nSPS) is 10.3. The van der Waals surface area contributed by atoms with E-state index in [0.717, 1.165) is 11.4 Å². The maximum Gasteiger partial charge on any atom is 0.515 e. The third-order valence-electron chi connectivity index (χ3n) is 2.39. The van der Waals surface area contributed by atoms with E-state index in [1.54, 1.807) is 29.8 Å². The van der Waals surface area contributed by atoms with Crippen molar-refractivity contribution in [1.82, 2.24) is 9.78 Å². The van der Waals surface area contributed by atoms with Crippen LogP contribution in [0.5, 0.6) is 5.88 Å². The lowest BCUT2D eigenvalue weighted by molar-refractivity contribution is 0.102. The molecule has 0 atom stereocenters. The molecule has 2 aromatic rings. The summed E-state index contributed by atoms with van der Waals surface area (Å²) in [5.41, 5.74) is 1.67. The monoisotopic (exact) mass is 280 g/mol. The SMILES string of the molecule is CCOC(=O)Oc1cc(C)n(-c2ccc(Cl)cc2)n1. The van der Waals surface area contributed by atoms with E-state index in [1.165, 1.54) is 0 Å². The number of ether oxygens (including phenoxy) is 2. The summed E-state index contributed by atoms with van der Waals surface area (Å²) in [7, 11) is 0. The summed E-state index contributed by atoms with van der Waals surface area (Å²) in [5, 5.41) is 4.83. The lowest BCUT2D eigenvalue weighted by atomic mass is 10.3. The molecule has 0 aliphatic rings. The molecular formula is C13H13ClN2O3. The minimum atomic E-state index is -0.761. The third kappa shape index (κ3) is 3.26. The Bertz CT molecular complexity index is 578. The Hall–Kier alpha value is -2.01. The molecule has 0 fully saturated rings. The molecule has 0 spiro atoms. The number of hydrogen-bond acceptors (Lipinski definition) is 4. The zero-order valence-corrected chi connectivity index (χ0v) is 11.3. The molecule has 0 N–H and O–H groups in total. The first kappa shape index (κ1) is 13.4. The van der Waals surface area contributed by atoms with Crippen LogP contribution in [0.15, 0.2) is 30.3 Å². The fraction of sp³-hybridized carbons (Fsp3) is 0.231. The van der Waals surface area contributed by atoms with Crippen LogP contribution in [0, 0.1) is 6.92 Å². The smallest absolute Gasteiger partial charge is 0.434 e. The molecule has 0 saturated heterocycles. The number of aryl methyl sites for hydroxylation is 1. The Morgan fingerprint density at radius 1 is 1.37 bits per heavy atom. The van der Waals surface area contributed by atoms with Gasteiger partial charge in [-0.3, -0.25) is 0 Å². The van der Waals surface area contributed by atoms with E-state index in [4.69, 9.17) is 16.3 Å². The third-order valence-corrected chi connectivity index (χ3v) is 2.64. The van der Waals surface area contributed by atoms with Gasteiger partial charge in [-0.25, -0.2) is 9.48 Å². The number of benzene rings is 1. The first-order chi connectivity index (χ1) is 9.10. The van der Waals surface area contributed by atoms with Crippen molar-refractivity contribution in [3.8, 4) is 11.6 Å². The van der Waals surface area contributed by atoms with Gasteiger partial charge in [0.15, 0.2) is 0 Å². The van der Waals surface area contributed by atoms with Gasteiger partial charge in [-0.2, -0.15) is 0 Å². The molecule has 0 aliphatic heterocycles. The molecule has 0 amide bonds. The Kier molecular flexibility index (Phi) is 4.06. The molecule has 100 valence electrons. The highest BCUT2D eigenvalue weighted by Gasteiger charge is 2.11. The summed E-state index contributed by atoms with van der Waals surface area (Å²) in [6.45, 7) is 3.83. The summed E-state index contributed by atoms with van der Waals surface area (Å²) in [6.07, 6.45) is -0.761. The maximum absolute atomic E-state index is 11.2. The fourth-order valence-corrected chi connectivity index (χ4v) is 1.70. The molecule has 0 radical (unpaired) electrons. The largest absolute Gasteiger partial charge is 0.515 e. The highest BCUT2D eigenvalue weighted by Crippen LogP contribution is 2.18. The highest BCUT2D eigenvalue weighted by molar-refractivity contribution is 6.30. The van der Waals surface area contributed by atoms with Crippen LogP contribution >= 0.6 is 11.6 Å². The summed E-state index contributed by atoms with van der Waals surface area (Å²) in [5.74, 6) is 0.200. The van der Waals surface area contributed by atoms with Gasteiger partial charge in [0.2, 0.25) is 5.88 Å². The molecule has 1 heterocycles. The van der Waals surface area contributed by atoms with Gasteiger partial charge >= 0.3 is 6.16 Å². The molecule has 1 aromatic heterocycles. The van der Waals surface area contributed by atoms with Crippen LogP contribution in [0.25, 0.3) is 5.69 Å². The number of hydrogen-bond donors (Lipinski definition) is 0. The van der Waals surface area contributed by atoms with Crippen molar-refractivity contribution >= 4 is 17.8 Å². The van der Waals surface area contributed by atoms with Gasteiger partial charge in [-0.1, -0.05) is 11.6 Å². The van der Waals surface area contributed by atoms with Crippen LogP contribution in [0.3, 0.4) is 0 Å². The van der Waals surface area contributed by atoms with E-state index < -0.39 is 6.16 Å². The van der Waals surface area contributed by atoms with E-state index >= 15 is 0 Å². The predicted octanol–water partition coefficient (Wildman–Crippen LogP) is 3.37. The molecule has 0 bridgehead atoms. The summed E-state index contributed by atoms with van der Waals surface area (Å²) >= 11 is 5.83. The van der Waals surface area contributed by atoms with Crippen molar-refractivity contribution in [3.63, 3.8) is 0 Å². The number of aromatic nitrogens is 2. The maximum atomic E-state index is 11.2. The summed E-state index contributed by atoms with van der Waals surface area (Å²) < 4.78 is 11.3. The fourth-order valence-electron chi connectivity index (χ4n) is 1.57. The molecule has 19 heavy (non-hydrogen) atoms. The second-order valence-electron chi connectivity index (χ2n) is 3.80. The lowest BCUT2D eigenvalue weighted by Gasteiger charge is -2.03. The van der Waals surface area contributed by atoms with Crippen molar-refractivity contribution in [3.05, 3.63) is 41.0 Å². The molecule has 6 heteroatoms. The molecule has 0 saturated carbocycles. The van der Waals surface area contributed by atoms with Crippen molar-refractivity contribution < 1.29 is 14.3 Å². The highest BCUT2D eigenvalue weighted by atomic mass is 35.5. The van der Waals surface area contributed by atoms with Crippen LogP contribution in [-0.4, -0.2) is 22.5 Å². The molecule has 0 aliphatic carbocycles. The van der Waals surface area contributed by atoms with E-state index in [0.29, 0.717) is 5.02 Å². The van der Waals surface area contributed by atoms with Gasteiger partial charge in [0, 0.05) is 16.8 Å². The second-order valence-corrected chi connectivity index (χ2v) is 4.23. The van der Waals surface area contributed by atoms with Crippen molar-refractivity contribution in [2.24, 2.45) is 0 Å². The average Bonchev–Trinajstić information content (AvgIpc) is 2.71. The first-order valence-corrected chi connectivity index (χ1v) is 6.15.